The summed E-state index contributed by atoms with van der Waals surface area (Å²) in [7, 11) is 0. The van der Waals surface area contributed by atoms with E-state index in [0.717, 1.165) is 41.1 Å². The highest BCUT2D eigenvalue weighted by Gasteiger charge is 2.27. The van der Waals surface area contributed by atoms with Gasteiger partial charge in [-0.25, -0.2) is 4.98 Å². The molecule has 2 aliphatic rings. The van der Waals surface area contributed by atoms with Crippen molar-refractivity contribution in [1.29, 1.82) is 0 Å². The Kier molecular flexibility index (Phi) is 4.96. The average molecular weight is 356 g/mol. The lowest BCUT2D eigenvalue weighted by molar-refractivity contribution is 0.301. The third-order valence-corrected chi connectivity index (χ3v) is 5.95. The number of aromatic nitrogens is 1. The lowest BCUT2D eigenvalue weighted by Gasteiger charge is -2.25. The summed E-state index contributed by atoms with van der Waals surface area (Å²) in [6, 6.07) is 8.17. The zero-order valence-electron chi connectivity index (χ0n) is 14.8. The van der Waals surface area contributed by atoms with Crippen LogP contribution in [0.25, 0.3) is 0 Å². The Bertz CT molecular complexity index is 751. The molecule has 1 aromatic heterocycles. The Balaban J connectivity index is 1.47. The highest BCUT2D eigenvalue weighted by Crippen LogP contribution is 2.42. The molecule has 1 heterocycles. The van der Waals surface area contributed by atoms with E-state index in [1.165, 1.54) is 43.2 Å². The Morgan fingerprint density at radius 1 is 1.20 bits per heavy atom. The summed E-state index contributed by atoms with van der Waals surface area (Å²) in [5.74, 6) is 2.52. The highest BCUT2D eigenvalue weighted by atomic mass is 35.5. The van der Waals surface area contributed by atoms with Crippen molar-refractivity contribution in [2.45, 2.75) is 51.5 Å². The van der Waals surface area contributed by atoms with E-state index >= 15 is 0 Å². The van der Waals surface area contributed by atoms with E-state index in [-0.39, 0.29) is 0 Å². The summed E-state index contributed by atoms with van der Waals surface area (Å²) in [6.45, 7) is 4.11. The molecule has 2 N–H and O–H groups in total. The molecular weight excluding hydrogens is 330 g/mol. The van der Waals surface area contributed by atoms with Gasteiger partial charge >= 0.3 is 0 Å². The van der Waals surface area contributed by atoms with Crippen LogP contribution in [0.15, 0.2) is 30.5 Å². The molecular formula is C21H26ClN3. The molecule has 132 valence electrons. The molecule has 2 aliphatic carbocycles. The van der Waals surface area contributed by atoms with Gasteiger partial charge in [-0.3, -0.25) is 0 Å². The summed E-state index contributed by atoms with van der Waals surface area (Å²) >= 11 is 6.23. The van der Waals surface area contributed by atoms with Gasteiger partial charge in [-0.2, -0.15) is 0 Å². The molecule has 2 fully saturated rings. The van der Waals surface area contributed by atoms with E-state index in [9.17, 15) is 0 Å². The maximum atomic E-state index is 6.23. The summed E-state index contributed by atoms with van der Waals surface area (Å²) in [5, 5.41) is 7.86. The Hall–Kier alpha value is -1.58. The molecule has 2 saturated carbocycles. The molecule has 1 aromatic carbocycles. The molecule has 25 heavy (non-hydrogen) atoms. The lowest BCUT2D eigenvalue weighted by atomic mass is 9.85. The quantitative estimate of drug-likeness (QED) is 0.683. The maximum Gasteiger partial charge on any atom is 0.130 e. The van der Waals surface area contributed by atoms with Crippen LogP contribution >= 0.6 is 11.6 Å². The first-order valence-electron chi connectivity index (χ1n) is 9.42. The van der Waals surface area contributed by atoms with Crippen LogP contribution in [0.5, 0.6) is 0 Å². The van der Waals surface area contributed by atoms with Crippen LogP contribution in [0.1, 0.15) is 54.7 Å². The highest BCUT2D eigenvalue weighted by molar-refractivity contribution is 6.31. The molecule has 0 atom stereocenters. The molecule has 0 amide bonds. The van der Waals surface area contributed by atoms with Gasteiger partial charge in [-0.05, 0) is 85.9 Å². The number of rotatable bonds is 7. The monoisotopic (exact) mass is 355 g/mol. The van der Waals surface area contributed by atoms with E-state index in [1.807, 2.05) is 31.3 Å². The average Bonchev–Trinajstić information content (AvgIpc) is 3.40. The standard InChI is InChI=1S/C21H26ClN3/c1-14-19(22)6-3-7-20(14)25-21-10-18(16-8-9-16)17(13-24-21)12-23-11-15-4-2-5-15/h3,6-7,10,13,15-16,23H,2,4-5,8-9,11-12H2,1H3,(H,24,25). The normalized spacial score (nSPS) is 17.4. The first kappa shape index (κ1) is 16.9. The molecule has 0 bridgehead atoms. The largest absolute Gasteiger partial charge is 0.340 e. The van der Waals surface area contributed by atoms with Crippen LogP contribution in [-0.4, -0.2) is 11.5 Å². The predicted molar refractivity (Wildman–Crippen MR) is 105 cm³/mol. The van der Waals surface area contributed by atoms with Crippen molar-refractivity contribution in [2.75, 3.05) is 11.9 Å². The van der Waals surface area contributed by atoms with Crippen LogP contribution in [0, 0.1) is 12.8 Å². The zero-order chi connectivity index (χ0) is 17.2. The first-order valence-corrected chi connectivity index (χ1v) is 9.80. The van der Waals surface area contributed by atoms with Gasteiger partial charge in [0.2, 0.25) is 0 Å². The van der Waals surface area contributed by atoms with Crippen molar-refractivity contribution in [1.82, 2.24) is 10.3 Å². The van der Waals surface area contributed by atoms with Gasteiger partial charge in [0.25, 0.3) is 0 Å². The molecule has 0 unspecified atom stereocenters. The molecule has 4 rings (SSSR count). The summed E-state index contributed by atoms with van der Waals surface area (Å²) in [6.07, 6.45) is 8.84. The van der Waals surface area contributed by atoms with Gasteiger partial charge in [0, 0.05) is 23.5 Å². The molecule has 2 aromatic rings. The van der Waals surface area contributed by atoms with Gasteiger partial charge in [0.1, 0.15) is 5.82 Å². The van der Waals surface area contributed by atoms with E-state index in [1.54, 1.807) is 0 Å². The van der Waals surface area contributed by atoms with E-state index in [4.69, 9.17) is 11.6 Å². The van der Waals surface area contributed by atoms with Gasteiger partial charge in [-0.1, -0.05) is 24.1 Å². The molecule has 3 nitrogen and oxygen atoms in total. The number of hydrogen-bond acceptors (Lipinski definition) is 3. The van der Waals surface area contributed by atoms with Crippen molar-refractivity contribution >= 4 is 23.1 Å². The number of halogens is 1. The van der Waals surface area contributed by atoms with Crippen LogP contribution < -0.4 is 10.6 Å². The van der Waals surface area contributed by atoms with Crippen molar-refractivity contribution in [2.24, 2.45) is 5.92 Å². The minimum Gasteiger partial charge on any atom is -0.340 e. The first-order chi connectivity index (χ1) is 12.2. The van der Waals surface area contributed by atoms with Crippen molar-refractivity contribution in [3.8, 4) is 0 Å². The van der Waals surface area contributed by atoms with Crippen molar-refractivity contribution in [3.05, 3.63) is 52.2 Å². The summed E-state index contributed by atoms with van der Waals surface area (Å²) < 4.78 is 0. The maximum absolute atomic E-state index is 6.23. The zero-order valence-corrected chi connectivity index (χ0v) is 15.6. The van der Waals surface area contributed by atoms with E-state index in [2.05, 4.69) is 21.7 Å². The van der Waals surface area contributed by atoms with E-state index in [0.29, 0.717) is 5.92 Å². The lowest BCUT2D eigenvalue weighted by Crippen LogP contribution is -2.27. The Morgan fingerprint density at radius 3 is 2.76 bits per heavy atom. The van der Waals surface area contributed by atoms with E-state index < -0.39 is 0 Å². The van der Waals surface area contributed by atoms with Gasteiger partial charge < -0.3 is 10.6 Å². The number of nitrogens with zero attached hydrogens (tertiary/aromatic N) is 1. The fraction of sp³-hybridized carbons (Fsp3) is 0.476. The Labute approximate surface area is 155 Å². The van der Waals surface area contributed by atoms with Gasteiger partial charge in [0.05, 0.1) is 0 Å². The van der Waals surface area contributed by atoms with Crippen LogP contribution in [-0.2, 0) is 6.54 Å². The SMILES string of the molecule is Cc1c(Cl)cccc1Nc1cc(C2CC2)c(CNCC2CCC2)cn1. The van der Waals surface area contributed by atoms with Crippen molar-refractivity contribution < 1.29 is 0 Å². The number of benzene rings is 1. The second kappa shape index (κ2) is 7.35. The fourth-order valence-electron chi connectivity index (χ4n) is 3.48. The molecule has 4 heteroatoms. The van der Waals surface area contributed by atoms with Crippen LogP contribution in [0.4, 0.5) is 11.5 Å². The molecule has 0 spiro atoms. The molecule has 0 aliphatic heterocycles. The Morgan fingerprint density at radius 2 is 2.04 bits per heavy atom. The summed E-state index contributed by atoms with van der Waals surface area (Å²) in [4.78, 5) is 4.65. The van der Waals surface area contributed by atoms with Crippen LogP contribution in [0.2, 0.25) is 5.02 Å². The van der Waals surface area contributed by atoms with Crippen LogP contribution in [0.3, 0.4) is 0 Å². The van der Waals surface area contributed by atoms with Gasteiger partial charge in [-0.15, -0.1) is 0 Å². The smallest absolute Gasteiger partial charge is 0.130 e. The topological polar surface area (TPSA) is 37.0 Å². The third kappa shape index (κ3) is 3.99. The van der Waals surface area contributed by atoms with Crippen molar-refractivity contribution in [3.63, 3.8) is 0 Å². The third-order valence-electron chi connectivity index (χ3n) is 5.54. The number of hydrogen-bond donors (Lipinski definition) is 2. The predicted octanol–water partition coefficient (Wildman–Crippen LogP) is 5.55. The summed E-state index contributed by atoms with van der Waals surface area (Å²) in [5.41, 5.74) is 4.90. The minimum absolute atomic E-state index is 0.713. The molecule has 0 saturated heterocycles. The molecule has 0 radical (unpaired) electrons. The fourth-order valence-corrected chi connectivity index (χ4v) is 3.65. The van der Waals surface area contributed by atoms with Gasteiger partial charge in [0.15, 0.2) is 0 Å². The second-order valence-corrected chi connectivity index (χ2v) is 7.92. The number of pyridine rings is 1. The number of nitrogens with one attached hydrogen (secondary N) is 2. The second-order valence-electron chi connectivity index (χ2n) is 7.51. The minimum atomic E-state index is 0.713. The number of anilines is 2.